The van der Waals surface area contributed by atoms with Crippen LogP contribution in [0.1, 0.15) is 5.56 Å². The van der Waals surface area contributed by atoms with Gasteiger partial charge in [0.05, 0.1) is 0 Å². The Morgan fingerprint density at radius 1 is 1.20 bits per heavy atom. The monoisotopic (exact) mass is 218 g/mol. The van der Waals surface area contributed by atoms with Crippen molar-refractivity contribution in [2.24, 2.45) is 0 Å². The second kappa shape index (κ2) is 3.91. The molecule has 0 aliphatic heterocycles. The second-order valence-electron chi connectivity index (χ2n) is 3.37. The number of halogens is 1. The summed E-state index contributed by atoms with van der Waals surface area (Å²) >= 11 is 6.12. The summed E-state index contributed by atoms with van der Waals surface area (Å²) in [6.45, 7) is 2.00. The first-order valence-corrected chi connectivity index (χ1v) is 5.04. The number of nitrogen functional groups attached to an aromatic ring is 1. The molecule has 0 saturated carbocycles. The highest BCUT2D eigenvalue weighted by atomic mass is 35.5. The van der Waals surface area contributed by atoms with E-state index in [0.29, 0.717) is 10.8 Å². The largest absolute Gasteiger partial charge is 0.383 e. The Bertz CT molecular complexity index is 474. The van der Waals surface area contributed by atoms with Crippen LogP contribution in [0.15, 0.2) is 36.5 Å². The first kappa shape index (κ1) is 9.99. The third-order valence-electron chi connectivity index (χ3n) is 2.33. The van der Waals surface area contributed by atoms with Crippen molar-refractivity contribution in [2.75, 3.05) is 5.73 Å². The molecule has 1 aromatic carbocycles. The van der Waals surface area contributed by atoms with E-state index in [1.165, 1.54) is 0 Å². The lowest BCUT2D eigenvalue weighted by Gasteiger charge is -2.09. The van der Waals surface area contributed by atoms with E-state index < -0.39 is 0 Å². The third-order valence-corrected chi connectivity index (χ3v) is 2.66. The van der Waals surface area contributed by atoms with Crippen molar-refractivity contribution in [3.05, 3.63) is 47.1 Å². The number of anilines is 1. The topological polar surface area (TPSA) is 38.9 Å². The summed E-state index contributed by atoms with van der Waals surface area (Å²) < 4.78 is 0. The van der Waals surface area contributed by atoms with Crippen molar-refractivity contribution in [1.82, 2.24) is 4.98 Å². The molecule has 2 rings (SSSR count). The molecule has 2 N–H and O–H groups in total. The number of nitrogens with zero attached hydrogens (tertiary/aromatic N) is 1. The lowest BCUT2D eigenvalue weighted by molar-refractivity contribution is 1.29. The molecule has 0 radical (unpaired) electrons. The van der Waals surface area contributed by atoms with Crippen molar-refractivity contribution in [1.29, 1.82) is 0 Å². The quantitative estimate of drug-likeness (QED) is 0.798. The molecule has 0 spiro atoms. The van der Waals surface area contributed by atoms with E-state index in [0.717, 1.165) is 16.7 Å². The van der Waals surface area contributed by atoms with Crippen molar-refractivity contribution in [3.63, 3.8) is 0 Å². The lowest BCUT2D eigenvalue weighted by atomic mass is 10.0. The van der Waals surface area contributed by atoms with Crippen LogP contribution in [0.2, 0.25) is 5.02 Å². The van der Waals surface area contributed by atoms with E-state index in [9.17, 15) is 0 Å². The number of benzene rings is 1. The first-order valence-electron chi connectivity index (χ1n) is 4.66. The predicted molar refractivity (Wildman–Crippen MR) is 63.8 cm³/mol. The van der Waals surface area contributed by atoms with Crippen molar-refractivity contribution < 1.29 is 0 Å². The molecule has 0 atom stereocenters. The van der Waals surface area contributed by atoms with Crippen LogP contribution in [0.4, 0.5) is 5.82 Å². The maximum absolute atomic E-state index is 6.12. The fraction of sp³-hybridized carbons (Fsp3) is 0.0833. The van der Waals surface area contributed by atoms with Gasteiger partial charge in [0.15, 0.2) is 0 Å². The van der Waals surface area contributed by atoms with Gasteiger partial charge >= 0.3 is 0 Å². The second-order valence-corrected chi connectivity index (χ2v) is 3.78. The normalized spacial score (nSPS) is 10.3. The summed E-state index contributed by atoms with van der Waals surface area (Å²) in [7, 11) is 0. The van der Waals surface area contributed by atoms with Crippen LogP contribution in [0, 0.1) is 6.92 Å². The standard InChI is InChI=1S/C12H11ClN2/c1-8-6-7-15-12(14)11(8)9-4-2-3-5-10(9)13/h2-7H,1H3,(H2,14,15). The van der Waals surface area contributed by atoms with Gasteiger partial charge < -0.3 is 5.73 Å². The number of hydrogen-bond acceptors (Lipinski definition) is 2. The predicted octanol–water partition coefficient (Wildman–Crippen LogP) is 3.29. The first-order chi connectivity index (χ1) is 7.20. The summed E-state index contributed by atoms with van der Waals surface area (Å²) in [5.74, 6) is 0.517. The Balaban J connectivity index is 2.69. The fourth-order valence-electron chi connectivity index (χ4n) is 1.59. The third kappa shape index (κ3) is 1.81. The molecule has 76 valence electrons. The van der Waals surface area contributed by atoms with E-state index in [1.807, 2.05) is 37.3 Å². The van der Waals surface area contributed by atoms with Crippen LogP contribution in [0.3, 0.4) is 0 Å². The summed E-state index contributed by atoms with van der Waals surface area (Å²) in [4.78, 5) is 4.08. The zero-order valence-electron chi connectivity index (χ0n) is 8.37. The Hall–Kier alpha value is -1.54. The smallest absolute Gasteiger partial charge is 0.131 e. The maximum atomic E-state index is 6.12. The minimum absolute atomic E-state index is 0.517. The average Bonchev–Trinajstić information content (AvgIpc) is 2.20. The molecule has 0 bridgehead atoms. The van der Waals surface area contributed by atoms with Gasteiger partial charge in [-0.15, -0.1) is 0 Å². The van der Waals surface area contributed by atoms with E-state index in [-0.39, 0.29) is 0 Å². The number of aromatic nitrogens is 1. The van der Waals surface area contributed by atoms with Crippen molar-refractivity contribution in [3.8, 4) is 11.1 Å². The van der Waals surface area contributed by atoms with Gasteiger partial charge in [0.2, 0.25) is 0 Å². The number of aryl methyl sites for hydroxylation is 1. The van der Waals surface area contributed by atoms with E-state index in [1.54, 1.807) is 6.20 Å². The number of hydrogen-bond donors (Lipinski definition) is 1. The van der Waals surface area contributed by atoms with Crippen LogP contribution in [0.25, 0.3) is 11.1 Å². The maximum Gasteiger partial charge on any atom is 0.131 e. The highest BCUT2D eigenvalue weighted by Crippen LogP contribution is 2.32. The summed E-state index contributed by atoms with van der Waals surface area (Å²) in [5.41, 5.74) is 8.78. The lowest BCUT2D eigenvalue weighted by Crippen LogP contribution is -1.96. The Kier molecular flexibility index (Phi) is 2.60. The van der Waals surface area contributed by atoms with Gasteiger partial charge in [0, 0.05) is 22.3 Å². The van der Waals surface area contributed by atoms with Gasteiger partial charge in [0.25, 0.3) is 0 Å². The van der Waals surface area contributed by atoms with Crippen molar-refractivity contribution >= 4 is 17.4 Å². The number of rotatable bonds is 1. The van der Waals surface area contributed by atoms with Gasteiger partial charge in [-0.1, -0.05) is 29.8 Å². The summed E-state index contributed by atoms with van der Waals surface area (Å²) in [6, 6.07) is 9.56. The van der Waals surface area contributed by atoms with Crippen LogP contribution in [0.5, 0.6) is 0 Å². The molecule has 0 unspecified atom stereocenters. The van der Waals surface area contributed by atoms with Gasteiger partial charge in [-0.2, -0.15) is 0 Å². The summed E-state index contributed by atoms with van der Waals surface area (Å²) in [6.07, 6.45) is 1.70. The minimum Gasteiger partial charge on any atom is -0.383 e. The highest BCUT2D eigenvalue weighted by Gasteiger charge is 2.09. The molecule has 0 saturated heterocycles. The summed E-state index contributed by atoms with van der Waals surface area (Å²) in [5, 5.41) is 0.695. The average molecular weight is 219 g/mol. The molecule has 0 fully saturated rings. The van der Waals surface area contributed by atoms with Gasteiger partial charge in [-0.25, -0.2) is 4.98 Å². The van der Waals surface area contributed by atoms with E-state index >= 15 is 0 Å². The fourth-order valence-corrected chi connectivity index (χ4v) is 1.82. The minimum atomic E-state index is 0.517. The molecule has 1 heterocycles. The van der Waals surface area contributed by atoms with Crippen LogP contribution < -0.4 is 5.73 Å². The molecule has 0 amide bonds. The zero-order valence-corrected chi connectivity index (χ0v) is 9.12. The molecule has 15 heavy (non-hydrogen) atoms. The molecule has 2 nitrogen and oxygen atoms in total. The van der Waals surface area contributed by atoms with E-state index in [4.69, 9.17) is 17.3 Å². The number of nitrogens with two attached hydrogens (primary N) is 1. The Morgan fingerprint density at radius 3 is 2.60 bits per heavy atom. The van der Waals surface area contributed by atoms with Gasteiger partial charge in [-0.05, 0) is 24.6 Å². The molecule has 2 aromatic rings. The molecular weight excluding hydrogens is 208 g/mol. The molecule has 0 aliphatic carbocycles. The Morgan fingerprint density at radius 2 is 1.93 bits per heavy atom. The zero-order chi connectivity index (χ0) is 10.8. The van der Waals surface area contributed by atoms with Crippen LogP contribution in [-0.4, -0.2) is 4.98 Å². The van der Waals surface area contributed by atoms with Crippen LogP contribution in [-0.2, 0) is 0 Å². The molecule has 0 aliphatic rings. The Labute approximate surface area is 93.7 Å². The molecule has 3 heteroatoms. The van der Waals surface area contributed by atoms with Gasteiger partial charge in [-0.3, -0.25) is 0 Å². The van der Waals surface area contributed by atoms with Crippen molar-refractivity contribution in [2.45, 2.75) is 6.92 Å². The number of pyridine rings is 1. The molecular formula is C12H11ClN2. The van der Waals surface area contributed by atoms with E-state index in [2.05, 4.69) is 4.98 Å². The highest BCUT2D eigenvalue weighted by molar-refractivity contribution is 6.33. The SMILES string of the molecule is Cc1ccnc(N)c1-c1ccccc1Cl. The van der Waals surface area contributed by atoms with Crippen LogP contribution >= 0.6 is 11.6 Å². The molecule has 1 aromatic heterocycles. The van der Waals surface area contributed by atoms with Gasteiger partial charge in [0.1, 0.15) is 5.82 Å².